The summed E-state index contributed by atoms with van der Waals surface area (Å²) in [5.74, 6) is 0. The van der Waals surface area contributed by atoms with E-state index in [4.69, 9.17) is 0 Å². The van der Waals surface area contributed by atoms with Crippen molar-refractivity contribution in [1.82, 2.24) is 10.2 Å². The molecule has 0 amide bonds. The fraction of sp³-hybridized carbons (Fsp3) is 0.412. The van der Waals surface area contributed by atoms with Gasteiger partial charge in [-0.25, -0.2) is 0 Å². The zero-order chi connectivity index (χ0) is 13.8. The van der Waals surface area contributed by atoms with Gasteiger partial charge in [-0.15, -0.1) is 0 Å². The van der Waals surface area contributed by atoms with E-state index in [1.165, 1.54) is 10.8 Å². The van der Waals surface area contributed by atoms with Crippen LogP contribution >= 0.6 is 0 Å². The van der Waals surface area contributed by atoms with E-state index in [9.17, 15) is 5.11 Å². The summed E-state index contributed by atoms with van der Waals surface area (Å²) in [6, 6.07) is 14.5. The fourth-order valence-electron chi connectivity index (χ4n) is 2.82. The van der Waals surface area contributed by atoms with Crippen LogP contribution in [0.1, 0.15) is 18.1 Å². The van der Waals surface area contributed by atoms with Crippen LogP contribution in [0, 0.1) is 0 Å². The van der Waals surface area contributed by atoms with Gasteiger partial charge >= 0.3 is 0 Å². The minimum absolute atomic E-state index is 0.366. The molecular weight excluding hydrogens is 248 g/mol. The lowest BCUT2D eigenvalue weighted by Crippen LogP contribution is -2.44. The van der Waals surface area contributed by atoms with Crippen LogP contribution in [0.2, 0.25) is 0 Å². The van der Waals surface area contributed by atoms with E-state index >= 15 is 0 Å². The standard InChI is InChI=1S/C17H22N2O/c20-17(7-10-19-11-8-18-9-12-19)16-6-5-14-3-1-2-4-15(14)13-16/h1-6,13,17-18,20H,7-12H2. The summed E-state index contributed by atoms with van der Waals surface area (Å²) in [7, 11) is 0. The number of aliphatic hydroxyl groups excluding tert-OH is 1. The van der Waals surface area contributed by atoms with E-state index < -0.39 is 0 Å². The van der Waals surface area contributed by atoms with Crippen molar-refractivity contribution in [2.45, 2.75) is 12.5 Å². The highest BCUT2D eigenvalue weighted by Gasteiger charge is 2.13. The SMILES string of the molecule is OC(CCN1CCNCC1)c1ccc2ccccc2c1. The largest absolute Gasteiger partial charge is 0.388 e. The van der Waals surface area contributed by atoms with Gasteiger partial charge in [0, 0.05) is 32.7 Å². The molecule has 3 nitrogen and oxygen atoms in total. The number of rotatable bonds is 4. The van der Waals surface area contributed by atoms with Gasteiger partial charge in [-0.1, -0.05) is 36.4 Å². The Labute approximate surface area is 120 Å². The van der Waals surface area contributed by atoms with Crippen molar-refractivity contribution in [2.24, 2.45) is 0 Å². The van der Waals surface area contributed by atoms with E-state index in [2.05, 4.69) is 34.5 Å². The van der Waals surface area contributed by atoms with E-state index in [1.807, 2.05) is 18.2 Å². The number of piperazine rings is 1. The molecule has 1 atom stereocenters. The molecule has 0 spiro atoms. The van der Waals surface area contributed by atoms with Crippen LogP contribution in [0.3, 0.4) is 0 Å². The van der Waals surface area contributed by atoms with Crippen LogP contribution in [0.4, 0.5) is 0 Å². The summed E-state index contributed by atoms with van der Waals surface area (Å²) in [5.41, 5.74) is 1.03. The minimum Gasteiger partial charge on any atom is -0.388 e. The fourth-order valence-corrected chi connectivity index (χ4v) is 2.82. The molecule has 2 aromatic rings. The van der Waals surface area contributed by atoms with Crippen LogP contribution in [-0.2, 0) is 0 Å². The molecule has 1 aliphatic heterocycles. The van der Waals surface area contributed by atoms with Crippen LogP contribution in [0.25, 0.3) is 10.8 Å². The molecule has 0 saturated carbocycles. The molecular formula is C17H22N2O. The van der Waals surface area contributed by atoms with E-state index in [-0.39, 0.29) is 6.10 Å². The minimum atomic E-state index is -0.366. The Morgan fingerprint density at radius 1 is 1.05 bits per heavy atom. The van der Waals surface area contributed by atoms with Crippen molar-refractivity contribution in [3.63, 3.8) is 0 Å². The molecule has 1 aliphatic rings. The summed E-state index contributed by atoms with van der Waals surface area (Å²) in [6.45, 7) is 5.27. The maximum Gasteiger partial charge on any atom is 0.0802 e. The summed E-state index contributed by atoms with van der Waals surface area (Å²) in [4.78, 5) is 2.42. The maximum atomic E-state index is 10.4. The number of nitrogens with zero attached hydrogens (tertiary/aromatic N) is 1. The van der Waals surface area contributed by atoms with Crippen molar-refractivity contribution in [2.75, 3.05) is 32.7 Å². The molecule has 1 heterocycles. The third-order valence-electron chi connectivity index (χ3n) is 4.09. The normalized spacial score (nSPS) is 18.2. The molecule has 2 aromatic carbocycles. The van der Waals surface area contributed by atoms with Gasteiger partial charge in [-0.3, -0.25) is 0 Å². The van der Waals surface area contributed by atoms with Gasteiger partial charge in [0.1, 0.15) is 0 Å². The summed E-state index contributed by atoms with van der Waals surface area (Å²) >= 11 is 0. The van der Waals surface area contributed by atoms with Gasteiger partial charge in [0.15, 0.2) is 0 Å². The van der Waals surface area contributed by atoms with Gasteiger partial charge < -0.3 is 15.3 Å². The second-order valence-electron chi connectivity index (χ2n) is 5.50. The lowest BCUT2D eigenvalue weighted by atomic mass is 10.0. The lowest BCUT2D eigenvalue weighted by Gasteiger charge is -2.28. The van der Waals surface area contributed by atoms with Crippen molar-refractivity contribution >= 4 is 10.8 Å². The number of nitrogens with one attached hydrogen (secondary N) is 1. The van der Waals surface area contributed by atoms with Gasteiger partial charge in [0.25, 0.3) is 0 Å². The number of fused-ring (bicyclic) bond motifs is 1. The number of hydrogen-bond acceptors (Lipinski definition) is 3. The average Bonchev–Trinajstić information content (AvgIpc) is 2.53. The topological polar surface area (TPSA) is 35.5 Å². The maximum absolute atomic E-state index is 10.4. The molecule has 0 aliphatic carbocycles. The van der Waals surface area contributed by atoms with Gasteiger partial charge in [0.2, 0.25) is 0 Å². The second kappa shape index (κ2) is 6.35. The predicted octanol–water partition coefficient (Wildman–Crippen LogP) is 2.17. The first-order chi connectivity index (χ1) is 9.83. The molecule has 0 radical (unpaired) electrons. The first-order valence-corrected chi connectivity index (χ1v) is 7.43. The molecule has 0 aromatic heterocycles. The van der Waals surface area contributed by atoms with Crippen molar-refractivity contribution in [1.29, 1.82) is 0 Å². The number of aliphatic hydroxyl groups is 1. The molecule has 3 rings (SSSR count). The average molecular weight is 270 g/mol. The summed E-state index contributed by atoms with van der Waals surface area (Å²) < 4.78 is 0. The van der Waals surface area contributed by atoms with E-state index in [0.717, 1.165) is 44.7 Å². The highest BCUT2D eigenvalue weighted by atomic mass is 16.3. The van der Waals surface area contributed by atoms with E-state index in [1.54, 1.807) is 0 Å². The monoisotopic (exact) mass is 270 g/mol. The zero-order valence-corrected chi connectivity index (χ0v) is 11.8. The molecule has 106 valence electrons. The highest BCUT2D eigenvalue weighted by Crippen LogP contribution is 2.22. The van der Waals surface area contributed by atoms with Gasteiger partial charge in [-0.2, -0.15) is 0 Å². The molecule has 1 saturated heterocycles. The summed E-state index contributed by atoms with van der Waals surface area (Å²) in [6.07, 6.45) is 0.438. The van der Waals surface area contributed by atoms with Crippen molar-refractivity contribution < 1.29 is 5.11 Å². The van der Waals surface area contributed by atoms with Crippen LogP contribution in [0.15, 0.2) is 42.5 Å². The Bertz CT molecular complexity index is 564. The third-order valence-corrected chi connectivity index (χ3v) is 4.09. The molecule has 3 heteroatoms. The van der Waals surface area contributed by atoms with Crippen LogP contribution in [-0.4, -0.2) is 42.7 Å². The summed E-state index contributed by atoms with van der Waals surface area (Å²) in [5, 5.41) is 16.1. The van der Waals surface area contributed by atoms with E-state index in [0.29, 0.717) is 0 Å². The Kier molecular flexibility index (Phi) is 4.31. The lowest BCUT2D eigenvalue weighted by molar-refractivity contribution is 0.137. The highest BCUT2D eigenvalue weighted by molar-refractivity contribution is 5.83. The molecule has 1 unspecified atom stereocenters. The number of hydrogen-bond donors (Lipinski definition) is 2. The molecule has 20 heavy (non-hydrogen) atoms. The second-order valence-corrected chi connectivity index (χ2v) is 5.50. The van der Waals surface area contributed by atoms with Crippen LogP contribution in [0.5, 0.6) is 0 Å². The first-order valence-electron chi connectivity index (χ1n) is 7.43. The third kappa shape index (κ3) is 3.18. The zero-order valence-electron chi connectivity index (χ0n) is 11.8. The van der Waals surface area contributed by atoms with Gasteiger partial charge in [0.05, 0.1) is 6.10 Å². The Hall–Kier alpha value is -1.42. The Balaban J connectivity index is 1.64. The molecule has 2 N–H and O–H groups in total. The van der Waals surface area contributed by atoms with Crippen molar-refractivity contribution in [3.8, 4) is 0 Å². The quantitative estimate of drug-likeness (QED) is 0.894. The van der Waals surface area contributed by atoms with Crippen LogP contribution < -0.4 is 5.32 Å². The van der Waals surface area contributed by atoms with Gasteiger partial charge in [-0.05, 0) is 28.8 Å². The Morgan fingerprint density at radius 3 is 2.60 bits per heavy atom. The predicted molar refractivity (Wildman–Crippen MR) is 82.8 cm³/mol. The van der Waals surface area contributed by atoms with Crippen molar-refractivity contribution in [3.05, 3.63) is 48.0 Å². The first kappa shape index (κ1) is 13.6. The Morgan fingerprint density at radius 2 is 1.80 bits per heavy atom. The molecule has 0 bridgehead atoms. The number of benzene rings is 2. The molecule has 1 fully saturated rings. The smallest absolute Gasteiger partial charge is 0.0802 e.